The number of nitrogens with one attached hydrogen (secondary N) is 1. The Morgan fingerprint density at radius 3 is 2.42 bits per heavy atom. The summed E-state index contributed by atoms with van der Waals surface area (Å²) >= 11 is 0. The molecule has 0 spiro atoms. The van der Waals surface area contributed by atoms with E-state index in [2.05, 4.69) is 53.2 Å². The van der Waals surface area contributed by atoms with Gasteiger partial charge in [0.15, 0.2) is 0 Å². The van der Waals surface area contributed by atoms with Gasteiger partial charge in [-0.3, -0.25) is 14.4 Å². The molecule has 1 amide bonds. The Morgan fingerprint density at radius 1 is 1.08 bits per heavy atom. The van der Waals surface area contributed by atoms with Gasteiger partial charge in [0.1, 0.15) is 6.42 Å². The zero-order chi connectivity index (χ0) is 27.4. The number of carbonyl (C=O) groups is 3. The van der Waals surface area contributed by atoms with E-state index in [1.54, 1.807) is 0 Å². The number of carboxylic acids is 2. The Labute approximate surface area is 223 Å². The fraction of sp³-hybridized carbons (Fsp3) is 0.621. The molecule has 208 valence electrons. The molecule has 2 heterocycles. The lowest BCUT2D eigenvalue weighted by Crippen LogP contribution is -2.52. The molecule has 1 aromatic carbocycles. The van der Waals surface area contributed by atoms with Crippen LogP contribution < -0.4 is 5.32 Å². The van der Waals surface area contributed by atoms with Gasteiger partial charge in [0.25, 0.3) is 0 Å². The molecule has 2 fully saturated rings. The van der Waals surface area contributed by atoms with Gasteiger partial charge in [0.05, 0.1) is 12.0 Å². The third-order valence-corrected chi connectivity index (χ3v) is 8.39. The van der Waals surface area contributed by atoms with Gasteiger partial charge in [-0.2, -0.15) is 0 Å². The van der Waals surface area contributed by atoms with Crippen molar-refractivity contribution in [1.82, 2.24) is 14.8 Å². The van der Waals surface area contributed by atoms with Crippen molar-refractivity contribution in [2.75, 3.05) is 13.6 Å². The fourth-order valence-corrected chi connectivity index (χ4v) is 6.49. The maximum atomic E-state index is 13.2. The first-order valence-corrected chi connectivity index (χ1v) is 13.9. The van der Waals surface area contributed by atoms with Gasteiger partial charge in [0.2, 0.25) is 5.91 Å². The minimum atomic E-state index is -1.31. The van der Waals surface area contributed by atoms with E-state index >= 15 is 0 Å². The molecule has 1 aliphatic heterocycles. The molecule has 38 heavy (non-hydrogen) atoms. The third kappa shape index (κ3) is 6.38. The van der Waals surface area contributed by atoms with Gasteiger partial charge in [-0.25, -0.2) is 0 Å². The second-order valence-electron chi connectivity index (χ2n) is 11.2. The molecule has 3 aliphatic rings. The molecule has 1 unspecified atom stereocenters. The third-order valence-electron chi connectivity index (χ3n) is 8.39. The van der Waals surface area contributed by atoms with Gasteiger partial charge >= 0.3 is 11.9 Å². The van der Waals surface area contributed by atoms with E-state index in [9.17, 15) is 19.5 Å². The average Bonchev–Trinajstić information content (AvgIpc) is 3.22. The number of piperidine rings is 1. The molecule has 9 nitrogen and oxygen atoms in total. The fourth-order valence-electron chi connectivity index (χ4n) is 6.49. The van der Waals surface area contributed by atoms with E-state index in [0.717, 1.165) is 51.6 Å². The minimum absolute atomic E-state index is 0.0390. The van der Waals surface area contributed by atoms with Gasteiger partial charge < -0.3 is 30.1 Å². The number of carboxylic acid groups (broad SMARTS) is 2. The number of nitrogens with zero attached hydrogens (tertiary/aromatic N) is 2. The lowest BCUT2D eigenvalue weighted by atomic mass is 9.72. The van der Waals surface area contributed by atoms with Crippen LogP contribution in [0.3, 0.4) is 0 Å². The molecule has 1 saturated heterocycles. The number of benzene rings is 1. The number of aryl methyl sites for hydroxylation is 1. The summed E-state index contributed by atoms with van der Waals surface area (Å²) in [6.45, 7) is 4.17. The van der Waals surface area contributed by atoms with Crippen molar-refractivity contribution in [3.05, 3.63) is 35.5 Å². The summed E-state index contributed by atoms with van der Waals surface area (Å²) in [5, 5.41) is 29.9. The number of aliphatic hydroxyl groups is 1. The molecule has 4 N–H and O–H groups in total. The lowest BCUT2D eigenvalue weighted by molar-refractivity contribution is -0.147. The maximum absolute atomic E-state index is 13.2. The van der Waals surface area contributed by atoms with Crippen molar-refractivity contribution in [1.29, 1.82) is 0 Å². The summed E-state index contributed by atoms with van der Waals surface area (Å²) < 4.78 is 2.46. The van der Waals surface area contributed by atoms with E-state index < -0.39 is 18.4 Å². The minimum Gasteiger partial charge on any atom is -0.481 e. The summed E-state index contributed by atoms with van der Waals surface area (Å²) in [6.07, 6.45) is 9.25. The Bertz CT molecular complexity index is 1140. The molecule has 9 heteroatoms. The van der Waals surface area contributed by atoms with Crippen LogP contribution in [0.1, 0.15) is 75.3 Å². The van der Waals surface area contributed by atoms with Gasteiger partial charge in [-0.15, -0.1) is 0 Å². The Morgan fingerprint density at radius 2 is 1.79 bits per heavy atom. The zero-order valence-corrected chi connectivity index (χ0v) is 22.4. The van der Waals surface area contributed by atoms with E-state index in [0.29, 0.717) is 12.0 Å². The molecular weight excluding hydrogens is 486 g/mol. The molecule has 5 rings (SSSR count). The number of amides is 1. The number of hydrogen-bond acceptors (Lipinski definition) is 5. The van der Waals surface area contributed by atoms with Gasteiger partial charge in [0, 0.05) is 48.2 Å². The van der Waals surface area contributed by atoms with Crippen LogP contribution in [-0.2, 0) is 27.3 Å². The van der Waals surface area contributed by atoms with Crippen molar-refractivity contribution in [2.45, 2.75) is 95.4 Å². The molecule has 1 saturated carbocycles. The quantitative estimate of drug-likeness (QED) is 0.406. The van der Waals surface area contributed by atoms with Crippen LogP contribution in [0.25, 0.3) is 10.9 Å². The second kappa shape index (κ2) is 12.3. The molecule has 1 aromatic heterocycles. The predicted molar refractivity (Wildman–Crippen MR) is 144 cm³/mol. The second-order valence-corrected chi connectivity index (χ2v) is 11.2. The molecule has 3 atom stereocenters. The largest absolute Gasteiger partial charge is 0.481 e. The number of aliphatic hydroxyl groups excluding tert-OH is 1. The molecule has 0 radical (unpaired) electrons. The standard InChI is InChI=1S/C26H37N3O2.C3H4O4/c1-3-4-12-29-16-17-14-24-22(21-6-5-7-23(29)25(17)21)13-18(15-28(24)2)26(31)27-19-8-10-20(30)11-9-19;4-2(5)1-3(6)7/h5-7,16,18-20,22,24,30H,3-4,8-15H2,1-2H3,(H,27,31);1H2,(H,4,5)(H,6,7)/t18-,19?,20?,22?,24-;/m1./s1. The molecule has 2 aliphatic carbocycles. The first-order valence-electron chi connectivity index (χ1n) is 13.9. The smallest absolute Gasteiger partial charge is 0.314 e. The highest BCUT2D eigenvalue weighted by molar-refractivity contribution is 5.90. The number of rotatable bonds is 7. The summed E-state index contributed by atoms with van der Waals surface area (Å²) in [6, 6.07) is 7.50. The van der Waals surface area contributed by atoms with Crippen LogP contribution in [0.2, 0.25) is 0 Å². The van der Waals surface area contributed by atoms with Crippen LogP contribution in [0.5, 0.6) is 0 Å². The number of likely N-dealkylation sites (N-methyl/N-ethyl adjacent to an activating group) is 1. The highest BCUT2D eigenvalue weighted by Crippen LogP contribution is 2.45. The number of aliphatic carboxylic acids is 2. The first kappa shape index (κ1) is 28.1. The van der Waals surface area contributed by atoms with Crippen molar-refractivity contribution >= 4 is 28.7 Å². The summed E-state index contributed by atoms with van der Waals surface area (Å²) in [4.78, 5) is 34.5. The van der Waals surface area contributed by atoms with Crippen molar-refractivity contribution in [2.24, 2.45) is 5.92 Å². The van der Waals surface area contributed by atoms with Crippen molar-refractivity contribution in [3.8, 4) is 0 Å². The molecular formula is C29H41N3O6. The van der Waals surface area contributed by atoms with E-state index in [1.165, 1.54) is 34.9 Å². The van der Waals surface area contributed by atoms with E-state index in [4.69, 9.17) is 10.2 Å². The number of aromatic nitrogens is 1. The van der Waals surface area contributed by atoms with Crippen LogP contribution in [0, 0.1) is 5.92 Å². The monoisotopic (exact) mass is 527 g/mol. The molecule has 0 bridgehead atoms. The highest BCUT2D eigenvalue weighted by atomic mass is 16.4. The SMILES string of the molecule is CCCCn1cc2c3c(cccc31)C1C[C@@H](C(=O)NC3CCC(O)CC3)CN(C)[C@@H]1C2.O=C(O)CC(=O)O. The van der Waals surface area contributed by atoms with E-state index in [-0.39, 0.29) is 24.0 Å². The average molecular weight is 528 g/mol. The first-order chi connectivity index (χ1) is 18.2. The highest BCUT2D eigenvalue weighted by Gasteiger charge is 2.42. The summed E-state index contributed by atoms with van der Waals surface area (Å²) in [7, 11) is 2.20. The number of fused-ring (bicyclic) bond motifs is 2. The van der Waals surface area contributed by atoms with Gasteiger partial charge in [-0.1, -0.05) is 25.5 Å². The van der Waals surface area contributed by atoms with Crippen molar-refractivity contribution < 1.29 is 29.7 Å². The Hall–Kier alpha value is -2.91. The predicted octanol–water partition coefficient (Wildman–Crippen LogP) is 3.37. The maximum Gasteiger partial charge on any atom is 0.314 e. The summed E-state index contributed by atoms with van der Waals surface area (Å²) in [5.74, 6) is -1.96. The van der Waals surface area contributed by atoms with Crippen LogP contribution in [-0.4, -0.2) is 74.4 Å². The lowest BCUT2D eigenvalue weighted by Gasteiger charge is -2.45. The Kier molecular flexibility index (Phi) is 9.10. The van der Waals surface area contributed by atoms with Gasteiger partial charge in [-0.05, 0) is 69.2 Å². The molecule has 2 aromatic rings. The van der Waals surface area contributed by atoms with Crippen LogP contribution in [0.4, 0.5) is 0 Å². The Balaban J connectivity index is 0.000000426. The zero-order valence-electron chi connectivity index (χ0n) is 22.4. The number of likely N-dealkylation sites (tertiary alicyclic amines) is 1. The van der Waals surface area contributed by atoms with E-state index in [1.807, 2.05) is 0 Å². The number of carbonyl (C=O) groups excluding carboxylic acids is 1. The van der Waals surface area contributed by atoms with Crippen LogP contribution in [0.15, 0.2) is 24.4 Å². The number of hydrogen-bond donors (Lipinski definition) is 4. The normalized spacial score (nSPS) is 26.7. The van der Waals surface area contributed by atoms with Crippen molar-refractivity contribution in [3.63, 3.8) is 0 Å². The number of unbranched alkanes of at least 4 members (excludes halogenated alkanes) is 1. The topological polar surface area (TPSA) is 132 Å². The van der Waals surface area contributed by atoms with Crippen LogP contribution >= 0.6 is 0 Å². The summed E-state index contributed by atoms with van der Waals surface area (Å²) in [5.41, 5.74) is 4.30.